The average Bonchev–Trinajstić information content (AvgIpc) is 3.20. The summed E-state index contributed by atoms with van der Waals surface area (Å²) in [5, 5.41) is 7.13. The molecule has 0 saturated heterocycles. The Morgan fingerprint density at radius 1 is 1.24 bits per heavy atom. The number of aromatic nitrogens is 5. The molecule has 4 rings (SSSR count). The second-order valence-corrected chi connectivity index (χ2v) is 6.89. The fourth-order valence-corrected chi connectivity index (χ4v) is 3.62. The van der Waals surface area contributed by atoms with Gasteiger partial charge in [-0.05, 0) is 25.5 Å². The molecule has 0 spiro atoms. The Kier molecular flexibility index (Phi) is 4.73. The number of carbonyl (C=O) groups excluding carboxylic acids is 1. The van der Waals surface area contributed by atoms with E-state index in [1.54, 1.807) is 13.1 Å². The third-order valence-electron chi connectivity index (χ3n) is 4.62. The zero-order valence-electron chi connectivity index (χ0n) is 15.1. The number of hydrogen-bond acceptors (Lipinski definition) is 5. The van der Waals surface area contributed by atoms with Gasteiger partial charge in [0.2, 0.25) is 0 Å². The molecule has 0 atom stereocenters. The minimum Gasteiger partial charge on any atom is -0.332 e. The summed E-state index contributed by atoms with van der Waals surface area (Å²) in [7, 11) is 0. The van der Waals surface area contributed by atoms with Crippen molar-refractivity contribution in [2.45, 2.75) is 26.1 Å². The van der Waals surface area contributed by atoms with E-state index in [1.807, 2.05) is 0 Å². The molecular formula is C18H14ClF3N6O. The Morgan fingerprint density at radius 2 is 2.03 bits per heavy atom. The van der Waals surface area contributed by atoms with Crippen molar-refractivity contribution in [1.29, 1.82) is 0 Å². The van der Waals surface area contributed by atoms with E-state index in [1.165, 1.54) is 27.9 Å². The molecule has 1 aliphatic rings. The lowest BCUT2D eigenvalue weighted by atomic mass is 10.0. The van der Waals surface area contributed by atoms with Gasteiger partial charge in [0.15, 0.2) is 5.82 Å². The van der Waals surface area contributed by atoms with Gasteiger partial charge < -0.3 is 4.90 Å². The first kappa shape index (κ1) is 19.3. The van der Waals surface area contributed by atoms with Crippen LogP contribution in [0.1, 0.15) is 33.0 Å². The van der Waals surface area contributed by atoms with Crippen LogP contribution in [-0.4, -0.2) is 42.3 Å². The third-order valence-corrected chi connectivity index (χ3v) is 5.02. The largest absolute Gasteiger partial charge is 0.417 e. The predicted octanol–water partition coefficient (Wildman–Crippen LogP) is 3.24. The number of rotatable bonds is 2. The molecule has 0 saturated carbocycles. The molecule has 0 bridgehead atoms. The van der Waals surface area contributed by atoms with Crippen molar-refractivity contribution in [3.05, 3.63) is 63.8 Å². The topological polar surface area (TPSA) is 76.8 Å². The van der Waals surface area contributed by atoms with E-state index >= 15 is 0 Å². The lowest BCUT2D eigenvalue weighted by Gasteiger charge is -2.29. The molecule has 1 amide bonds. The normalized spacial score (nSPS) is 14.0. The van der Waals surface area contributed by atoms with Gasteiger partial charge in [-0.3, -0.25) is 4.79 Å². The van der Waals surface area contributed by atoms with Gasteiger partial charge in [0, 0.05) is 12.1 Å². The van der Waals surface area contributed by atoms with Crippen molar-refractivity contribution < 1.29 is 18.0 Å². The van der Waals surface area contributed by atoms with Crippen LogP contribution in [-0.2, 0) is 19.1 Å². The molecule has 7 nitrogen and oxygen atoms in total. The van der Waals surface area contributed by atoms with Crippen LogP contribution in [0.3, 0.4) is 0 Å². The second-order valence-electron chi connectivity index (χ2n) is 6.51. The SMILES string of the molecule is Cc1nc2c(c(-n3ccnn3)n1)CCN(C(=O)c1cccc(C(F)(F)F)c1Cl)C2. The van der Waals surface area contributed by atoms with Crippen molar-refractivity contribution in [2.24, 2.45) is 0 Å². The van der Waals surface area contributed by atoms with Crippen LogP contribution >= 0.6 is 11.6 Å². The van der Waals surface area contributed by atoms with Gasteiger partial charge in [-0.1, -0.05) is 22.9 Å². The van der Waals surface area contributed by atoms with Gasteiger partial charge in [-0.25, -0.2) is 14.6 Å². The number of hydrogen-bond donors (Lipinski definition) is 0. The number of alkyl halides is 3. The molecule has 0 fully saturated rings. The molecule has 3 aromatic rings. The van der Waals surface area contributed by atoms with Crippen LogP contribution in [0.15, 0.2) is 30.6 Å². The van der Waals surface area contributed by atoms with Crippen LogP contribution in [0.5, 0.6) is 0 Å². The molecule has 0 aliphatic carbocycles. The number of nitrogens with zero attached hydrogens (tertiary/aromatic N) is 6. The van der Waals surface area contributed by atoms with Gasteiger partial charge in [0.1, 0.15) is 5.82 Å². The first-order valence-electron chi connectivity index (χ1n) is 8.64. The van der Waals surface area contributed by atoms with Crippen molar-refractivity contribution in [3.63, 3.8) is 0 Å². The zero-order valence-corrected chi connectivity index (χ0v) is 15.9. The molecule has 3 heterocycles. The maximum atomic E-state index is 13.1. The van der Waals surface area contributed by atoms with Gasteiger partial charge in [0.05, 0.1) is 40.8 Å². The molecule has 11 heteroatoms. The Bertz CT molecular complexity index is 1080. The van der Waals surface area contributed by atoms with E-state index in [9.17, 15) is 18.0 Å². The van der Waals surface area contributed by atoms with Crippen LogP contribution in [0.4, 0.5) is 13.2 Å². The summed E-state index contributed by atoms with van der Waals surface area (Å²) < 4.78 is 40.9. The maximum Gasteiger partial charge on any atom is 0.417 e. The third kappa shape index (κ3) is 3.55. The van der Waals surface area contributed by atoms with E-state index < -0.39 is 22.7 Å². The lowest BCUT2D eigenvalue weighted by Crippen LogP contribution is -2.37. The van der Waals surface area contributed by atoms with Gasteiger partial charge in [-0.15, -0.1) is 5.10 Å². The number of aryl methyl sites for hydroxylation is 1. The summed E-state index contributed by atoms with van der Waals surface area (Å²) in [6.07, 6.45) is -1.04. The highest BCUT2D eigenvalue weighted by molar-refractivity contribution is 6.34. The fraction of sp³-hybridized carbons (Fsp3) is 0.278. The molecular weight excluding hydrogens is 409 g/mol. The molecule has 0 N–H and O–H groups in total. The summed E-state index contributed by atoms with van der Waals surface area (Å²) >= 11 is 5.91. The Morgan fingerprint density at radius 3 is 2.72 bits per heavy atom. The number of amides is 1. The minimum absolute atomic E-state index is 0.131. The smallest absolute Gasteiger partial charge is 0.332 e. The van der Waals surface area contributed by atoms with Crippen molar-refractivity contribution in [3.8, 4) is 5.82 Å². The van der Waals surface area contributed by atoms with Crippen molar-refractivity contribution >= 4 is 17.5 Å². The second kappa shape index (κ2) is 7.11. The van der Waals surface area contributed by atoms with E-state index in [0.717, 1.165) is 11.6 Å². The van der Waals surface area contributed by atoms with Crippen LogP contribution in [0, 0.1) is 6.92 Å². The summed E-state index contributed by atoms with van der Waals surface area (Å²) in [5.41, 5.74) is 0.215. The van der Waals surface area contributed by atoms with E-state index in [0.29, 0.717) is 23.8 Å². The molecule has 0 radical (unpaired) electrons. The first-order chi connectivity index (χ1) is 13.8. The minimum atomic E-state index is -4.64. The molecule has 1 aliphatic heterocycles. The average molecular weight is 423 g/mol. The Balaban J connectivity index is 1.67. The zero-order chi connectivity index (χ0) is 20.8. The number of carbonyl (C=O) groups is 1. The van der Waals surface area contributed by atoms with Crippen molar-refractivity contribution in [2.75, 3.05) is 6.54 Å². The van der Waals surface area contributed by atoms with E-state index in [-0.39, 0.29) is 18.7 Å². The molecule has 29 heavy (non-hydrogen) atoms. The Hall–Kier alpha value is -3.01. The van der Waals surface area contributed by atoms with Crippen LogP contribution in [0.2, 0.25) is 5.02 Å². The van der Waals surface area contributed by atoms with E-state index in [2.05, 4.69) is 20.3 Å². The standard InChI is InChI=1S/C18H14ClF3N6O/c1-10-24-14-9-27(7-5-11(14)16(25-10)28-8-6-23-26-28)17(29)12-3-2-4-13(15(12)19)18(20,21)22/h2-4,6,8H,5,7,9H2,1H3. The van der Waals surface area contributed by atoms with Crippen LogP contribution in [0.25, 0.3) is 5.82 Å². The van der Waals surface area contributed by atoms with Gasteiger partial charge in [-0.2, -0.15) is 13.2 Å². The molecule has 150 valence electrons. The summed E-state index contributed by atoms with van der Waals surface area (Å²) in [4.78, 5) is 23.2. The maximum absolute atomic E-state index is 13.1. The number of halogens is 4. The summed E-state index contributed by atoms with van der Waals surface area (Å²) in [6.45, 7) is 2.13. The van der Waals surface area contributed by atoms with Crippen LogP contribution < -0.4 is 0 Å². The molecule has 0 unspecified atom stereocenters. The quantitative estimate of drug-likeness (QED) is 0.633. The fourth-order valence-electron chi connectivity index (χ4n) is 3.30. The van der Waals surface area contributed by atoms with Gasteiger partial charge in [0.25, 0.3) is 5.91 Å². The van der Waals surface area contributed by atoms with E-state index in [4.69, 9.17) is 11.6 Å². The highest BCUT2D eigenvalue weighted by Crippen LogP contribution is 2.37. The summed E-state index contributed by atoms with van der Waals surface area (Å²) in [6, 6.07) is 3.32. The lowest BCUT2D eigenvalue weighted by molar-refractivity contribution is -0.137. The molecule has 1 aromatic carbocycles. The number of benzene rings is 1. The Labute approximate surface area is 168 Å². The molecule has 2 aromatic heterocycles. The van der Waals surface area contributed by atoms with Gasteiger partial charge >= 0.3 is 6.18 Å². The number of fused-ring (bicyclic) bond motifs is 1. The monoisotopic (exact) mass is 422 g/mol. The first-order valence-corrected chi connectivity index (χ1v) is 9.01. The highest BCUT2D eigenvalue weighted by Gasteiger charge is 2.36. The summed E-state index contributed by atoms with van der Waals surface area (Å²) in [5.74, 6) is 0.486. The van der Waals surface area contributed by atoms with Crippen molar-refractivity contribution in [1.82, 2.24) is 29.9 Å². The predicted molar refractivity (Wildman–Crippen MR) is 96.6 cm³/mol. The highest BCUT2D eigenvalue weighted by atomic mass is 35.5.